The van der Waals surface area contributed by atoms with Gasteiger partial charge in [0, 0.05) is 54.6 Å². The summed E-state index contributed by atoms with van der Waals surface area (Å²) in [5, 5.41) is 8.99. The Labute approximate surface area is 348 Å². The first-order chi connectivity index (χ1) is 30.2. The molecule has 1 aliphatic rings. The van der Waals surface area contributed by atoms with Crippen molar-refractivity contribution in [2.45, 2.75) is 0 Å². The molecule has 2 bridgehead atoms. The highest BCUT2D eigenvalue weighted by Gasteiger charge is 2.30. The smallest absolute Gasteiger partial charge is 0.160 e. The zero-order valence-corrected chi connectivity index (χ0v) is 32.6. The molecule has 13 aromatic rings. The Morgan fingerprint density at radius 3 is 1.80 bits per heavy atom. The van der Waals surface area contributed by atoms with Crippen LogP contribution in [-0.2, 0) is 0 Å². The highest BCUT2D eigenvalue weighted by atomic mass is 16.3. The molecule has 0 aliphatic carbocycles. The van der Waals surface area contributed by atoms with Crippen LogP contribution in [0.15, 0.2) is 197 Å². The summed E-state index contributed by atoms with van der Waals surface area (Å²) in [6.07, 6.45) is 0. The van der Waals surface area contributed by atoms with Gasteiger partial charge in [-0.2, -0.15) is 0 Å². The van der Waals surface area contributed by atoms with Crippen molar-refractivity contribution in [2.75, 3.05) is 0 Å². The summed E-state index contributed by atoms with van der Waals surface area (Å²) in [6.45, 7) is 0. The molecule has 0 radical (unpaired) electrons. The molecule has 0 N–H and O–H groups in total. The third-order valence-electron chi connectivity index (χ3n) is 12.7. The van der Waals surface area contributed by atoms with Crippen molar-refractivity contribution in [2.24, 2.45) is 0 Å². The second-order valence-electron chi connectivity index (χ2n) is 16.1. The van der Waals surface area contributed by atoms with E-state index >= 15 is 0 Å². The lowest BCUT2D eigenvalue weighted by Gasteiger charge is -2.22. The third-order valence-corrected chi connectivity index (χ3v) is 12.7. The second-order valence-corrected chi connectivity index (χ2v) is 16.1. The summed E-state index contributed by atoms with van der Waals surface area (Å²) in [7, 11) is 0. The van der Waals surface area contributed by atoms with Gasteiger partial charge >= 0.3 is 0 Å². The quantitative estimate of drug-likeness (QED) is 0.179. The molecule has 0 spiro atoms. The summed E-state index contributed by atoms with van der Waals surface area (Å²) in [5.41, 5.74) is 15.5. The zero-order valence-electron chi connectivity index (χ0n) is 32.6. The molecule has 5 nitrogen and oxygen atoms in total. The minimum Gasteiger partial charge on any atom is -0.456 e. The van der Waals surface area contributed by atoms with Gasteiger partial charge in [-0.1, -0.05) is 127 Å². The molecule has 0 amide bonds. The minimum atomic E-state index is 0.633. The van der Waals surface area contributed by atoms with E-state index in [0.717, 1.165) is 105 Å². The Morgan fingerprint density at radius 2 is 0.967 bits per heavy atom. The molecular weight excluding hydrogens is 747 g/mol. The fourth-order valence-electron chi connectivity index (χ4n) is 9.87. The molecule has 282 valence electrons. The highest BCUT2D eigenvalue weighted by molar-refractivity contribution is 6.19. The Hall–Kier alpha value is -8.28. The fraction of sp³-hybridized carbons (Fsp3) is 0. The van der Waals surface area contributed by atoms with Crippen LogP contribution in [0, 0.1) is 0 Å². The largest absolute Gasteiger partial charge is 0.456 e. The normalized spacial score (nSPS) is 12.3. The summed E-state index contributed by atoms with van der Waals surface area (Å²) in [5.74, 6) is 0.633. The summed E-state index contributed by atoms with van der Waals surface area (Å²) in [6, 6.07) is 66.7. The number of para-hydroxylation sites is 2. The van der Waals surface area contributed by atoms with Gasteiger partial charge in [0.2, 0.25) is 0 Å². The first-order valence-electron chi connectivity index (χ1n) is 20.6. The van der Waals surface area contributed by atoms with Gasteiger partial charge in [0.15, 0.2) is 11.4 Å². The van der Waals surface area contributed by atoms with Crippen LogP contribution in [0.4, 0.5) is 0 Å². The summed E-state index contributed by atoms with van der Waals surface area (Å²) < 4.78 is 15.7. The molecule has 4 aromatic heterocycles. The molecule has 9 aromatic carbocycles. The number of furan rings is 2. The van der Waals surface area contributed by atoms with Gasteiger partial charge in [-0.3, -0.25) is 0 Å². The van der Waals surface area contributed by atoms with Gasteiger partial charge in [-0.05, 0) is 88.1 Å². The van der Waals surface area contributed by atoms with Crippen molar-refractivity contribution in [1.29, 1.82) is 0 Å². The van der Waals surface area contributed by atoms with Gasteiger partial charge in [-0.25, -0.2) is 9.97 Å². The van der Waals surface area contributed by atoms with Crippen molar-refractivity contribution in [3.8, 4) is 61.8 Å². The maximum atomic E-state index is 6.96. The van der Waals surface area contributed by atoms with Crippen LogP contribution in [0.25, 0.3) is 138 Å². The van der Waals surface area contributed by atoms with Gasteiger partial charge in [-0.15, -0.1) is 0 Å². The van der Waals surface area contributed by atoms with E-state index in [4.69, 9.17) is 18.8 Å². The van der Waals surface area contributed by atoms with E-state index in [1.807, 2.05) is 24.3 Å². The minimum absolute atomic E-state index is 0.633. The number of benzene rings is 9. The zero-order chi connectivity index (χ0) is 39.8. The highest BCUT2D eigenvalue weighted by Crippen LogP contribution is 2.50. The first-order valence-corrected chi connectivity index (χ1v) is 20.6. The molecule has 5 heterocycles. The first kappa shape index (κ1) is 32.7. The van der Waals surface area contributed by atoms with E-state index < -0.39 is 0 Å². The van der Waals surface area contributed by atoms with Crippen LogP contribution >= 0.6 is 0 Å². The number of aromatic nitrogens is 3. The van der Waals surface area contributed by atoms with Crippen LogP contribution in [0.3, 0.4) is 0 Å². The predicted molar refractivity (Wildman–Crippen MR) is 249 cm³/mol. The lowest BCUT2D eigenvalue weighted by molar-refractivity contribution is 0.666. The van der Waals surface area contributed by atoms with Crippen LogP contribution in [0.2, 0.25) is 0 Å². The molecule has 61 heavy (non-hydrogen) atoms. The molecule has 0 saturated heterocycles. The van der Waals surface area contributed by atoms with Crippen molar-refractivity contribution >= 4 is 76.5 Å². The van der Waals surface area contributed by atoms with Gasteiger partial charge in [0.25, 0.3) is 0 Å². The van der Waals surface area contributed by atoms with E-state index in [1.165, 1.54) is 27.1 Å². The monoisotopic (exact) mass is 777 g/mol. The van der Waals surface area contributed by atoms with Crippen LogP contribution in [-0.4, -0.2) is 14.5 Å². The Balaban J connectivity index is 1.13. The lowest BCUT2D eigenvalue weighted by atomic mass is 9.90. The SMILES string of the molecule is c1ccc(-c2ccc(-c3nc(-c4ccc5oc6ccccc6c5c4)nc4c3-c3ccc5c6cc7ccccc7cc6n(c5c3)-c3c-4ccc4c3oc3ccccc34)cc2)cc1. The van der Waals surface area contributed by atoms with E-state index in [2.05, 4.69) is 168 Å². The number of rotatable bonds is 3. The number of hydrogen-bond donors (Lipinski definition) is 0. The molecule has 0 saturated carbocycles. The molecular formula is C56H31N3O2. The van der Waals surface area contributed by atoms with Gasteiger partial charge < -0.3 is 13.4 Å². The summed E-state index contributed by atoms with van der Waals surface area (Å²) in [4.78, 5) is 11.2. The third kappa shape index (κ3) is 4.66. The standard InChI is InChI=1S/C56H31N3O2/c1-2-10-32(11-3-1)33-18-20-34(21-19-33)52-51-37-22-24-39-44-28-35-12-4-5-13-36(35)30-47(44)59(46(39)31-37)54-43(26-25-42-40-14-6-9-17-49(40)61-55(42)54)53(51)58-56(57-52)38-23-27-50-45(29-38)41-15-7-8-16-48(41)60-50/h1-31H. The van der Waals surface area contributed by atoms with Crippen molar-refractivity contribution < 1.29 is 8.83 Å². The van der Waals surface area contributed by atoms with Crippen molar-refractivity contribution in [3.63, 3.8) is 0 Å². The lowest BCUT2D eigenvalue weighted by Crippen LogP contribution is -2.06. The molecule has 14 rings (SSSR count). The van der Waals surface area contributed by atoms with E-state index in [1.54, 1.807) is 0 Å². The van der Waals surface area contributed by atoms with Crippen molar-refractivity contribution in [1.82, 2.24) is 14.5 Å². The number of fused-ring (bicyclic) bond motifs is 17. The maximum Gasteiger partial charge on any atom is 0.160 e. The average molecular weight is 778 g/mol. The van der Waals surface area contributed by atoms with Crippen LogP contribution in [0.1, 0.15) is 0 Å². The van der Waals surface area contributed by atoms with Crippen LogP contribution < -0.4 is 0 Å². The topological polar surface area (TPSA) is 57.0 Å². The predicted octanol–water partition coefficient (Wildman–Crippen LogP) is 15.2. The Morgan fingerprint density at radius 1 is 0.361 bits per heavy atom. The fourth-order valence-corrected chi connectivity index (χ4v) is 9.87. The van der Waals surface area contributed by atoms with Gasteiger partial charge in [0.05, 0.1) is 28.1 Å². The van der Waals surface area contributed by atoms with Crippen LogP contribution in [0.5, 0.6) is 0 Å². The second kappa shape index (κ2) is 12.1. The van der Waals surface area contributed by atoms with Gasteiger partial charge in [0.1, 0.15) is 16.7 Å². The Bertz CT molecular complexity index is 3980. The van der Waals surface area contributed by atoms with Crippen molar-refractivity contribution in [3.05, 3.63) is 188 Å². The van der Waals surface area contributed by atoms with E-state index in [-0.39, 0.29) is 0 Å². The maximum absolute atomic E-state index is 6.96. The molecule has 5 heteroatoms. The van der Waals surface area contributed by atoms with E-state index in [0.29, 0.717) is 5.82 Å². The summed E-state index contributed by atoms with van der Waals surface area (Å²) >= 11 is 0. The molecule has 0 unspecified atom stereocenters. The molecule has 0 atom stereocenters. The molecule has 0 fully saturated rings. The number of nitrogens with zero attached hydrogens (tertiary/aromatic N) is 3. The molecule has 1 aliphatic heterocycles. The van der Waals surface area contributed by atoms with E-state index in [9.17, 15) is 0 Å². The Kier molecular flexibility index (Phi) is 6.49. The number of hydrogen-bond acceptors (Lipinski definition) is 4. The average Bonchev–Trinajstić information content (AvgIpc) is 3.98.